The third kappa shape index (κ3) is 4.62. The summed E-state index contributed by atoms with van der Waals surface area (Å²) in [7, 11) is -3.86. The standard InChI is InChI=1S/C23H24N2O7S/c1-3-16-11-23(26)32-22-12-17(6-8-19(16)22)31-21-9-7-18(13-20(21)25(27)28)33(29,30)24-10-4-5-15(2)14-24/h6-9,11-13,15H,3-5,10,14H2,1-2H3. The summed E-state index contributed by atoms with van der Waals surface area (Å²) in [6.45, 7) is 4.68. The van der Waals surface area contributed by atoms with Crippen molar-refractivity contribution in [2.45, 2.75) is 38.0 Å². The van der Waals surface area contributed by atoms with E-state index in [-0.39, 0.29) is 22.3 Å². The maximum absolute atomic E-state index is 13.0. The van der Waals surface area contributed by atoms with E-state index < -0.39 is 26.3 Å². The number of rotatable bonds is 6. The third-order valence-corrected chi connectivity index (χ3v) is 7.66. The number of aryl methyl sites for hydroxylation is 1. The molecule has 1 aromatic heterocycles. The molecule has 4 rings (SSSR count). The van der Waals surface area contributed by atoms with Crippen molar-refractivity contribution < 1.29 is 22.5 Å². The molecule has 0 N–H and O–H groups in total. The topological polar surface area (TPSA) is 120 Å². The van der Waals surface area contributed by atoms with Crippen molar-refractivity contribution >= 4 is 26.7 Å². The zero-order valence-corrected chi connectivity index (χ0v) is 19.1. The predicted octanol–water partition coefficient (Wildman–Crippen LogP) is 4.48. The normalized spacial score (nSPS) is 17.2. The van der Waals surface area contributed by atoms with E-state index >= 15 is 0 Å². The Morgan fingerprint density at radius 2 is 2.00 bits per heavy atom. The second-order valence-corrected chi connectivity index (χ2v) is 10.1. The highest BCUT2D eigenvalue weighted by atomic mass is 32.2. The molecular weight excluding hydrogens is 448 g/mol. The van der Waals surface area contributed by atoms with Crippen molar-refractivity contribution in [1.82, 2.24) is 4.31 Å². The van der Waals surface area contributed by atoms with Crippen LogP contribution in [0.3, 0.4) is 0 Å². The van der Waals surface area contributed by atoms with Gasteiger partial charge in [0.05, 0.1) is 9.82 Å². The SMILES string of the molecule is CCc1cc(=O)oc2cc(Oc3ccc(S(=O)(=O)N4CCCC(C)C4)cc3[N+](=O)[O-])ccc12. The number of hydrogen-bond acceptors (Lipinski definition) is 7. The molecule has 2 aromatic carbocycles. The van der Waals surface area contributed by atoms with Gasteiger partial charge in [0.1, 0.15) is 11.3 Å². The number of benzene rings is 2. The minimum absolute atomic E-state index is 0.112. The number of hydrogen-bond donors (Lipinski definition) is 0. The van der Waals surface area contributed by atoms with Crippen molar-refractivity contribution in [2.75, 3.05) is 13.1 Å². The van der Waals surface area contributed by atoms with Crippen LogP contribution in [0.4, 0.5) is 5.69 Å². The van der Waals surface area contributed by atoms with Gasteiger partial charge in [0, 0.05) is 36.7 Å². The Morgan fingerprint density at radius 1 is 1.21 bits per heavy atom. The number of sulfonamides is 1. The first-order chi connectivity index (χ1) is 15.7. The molecule has 0 spiro atoms. The van der Waals surface area contributed by atoms with Crippen LogP contribution < -0.4 is 10.4 Å². The molecule has 0 bridgehead atoms. The maximum atomic E-state index is 13.0. The van der Waals surface area contributed by atoms with Crippen LogP contribution in [0.5, 0.6) is 11.5 Å². The van der Waals surface area contributed by atoms with Gasteiger partial charge in [-0.05, 0) is 55.0 Å². The zero-order valence-electron chi connectivity index (χ0n) is 18.3. The van der Waals surface area contributed by atoms with Gasteiger partial charge in [-0.3, -0.25) is 10.1 Å². The van der Waals surface area contributed by atoms with Gasteiger partial charge in [-0.1, -0.05) is 13.8 Å². The largest absolute Gasteiger partial charge is 0.450 e. The van der Waals surface area contributed by atoms with E-state index in [1.807, 2.05) is 13.8 Å². The number of fused-ring (bicyclic) bond motifs is 1. The highest BCUT2D eigenvalue weighted by Crippen LogP contribution is 2.36. The molecule has 1 atom stereocenters. The molecule has 0 saturated carbocycles. The lowest BCUT2D eigenvalue weighted by molar-refractivity contribution is -0.385. The summed E-state index contributed by atoms with van der Waals surface area (Å²) in [4.78, 5) is 22.7. The fraction of sp³-hybridized carbons (Fsp3) is 0.348. The van der Waals surface area contributed by atoms with Crippen molar-refractivity contribution in [1.29, 1.82) is 0 Å². The first-order valence-electron chi connectivity index (χ1n) is 10.7. The summed E-state index contributed by atoms with van der Waals surface area (Å²) in [5.74, 6) is 0.342. The van der Waals surface area contributed by atoms with E-state index in [0.717, 1.165) is 29.9 Å². The first kappa shape index (κ1) is 22.9. The van der Waals surface area contributed by atoms with E-state index in [9.17, 15) is 23.3 Å². The Kier molecular flexibility index (Phi) is 6.22. The molecule has 1 saturated heterocycles. The van der Waals surface area contributed by atoms with Gasteiger partial charge in [-0.25, -0.2) is 13.2 Å². The zero-order chi connectivity index (χ0) is 23.8. The van der Waals surface area contributed by atoms with Gasteiger partial charge in [-0.15, -0.1) is 0 Å². The number of nitro groups is 1. The van der Waals surface area contributed by atoms with Crippen LogP contribution in [-0.4, -0.2) is 30.7 Å². The summed E-state index contributed by atoms with van der Waals surface area (Å²) in [6.07, 6.45) is 2.34. The lowest BCUT2D eigenvalue weighted by Gasteiger charge is -2.30. The van der Waals surface area contributed by atoms with E-state index in [4.69, 9.17) is 9.15 Å². The van der Waals surface area contributed by atoms with Gasteiger partial charge in [0.25, 0.3) is 0 Å². The molecule has 2 heterocycles. The molecule has 0 aliphatic carbocycles. The van der Waals surface area contributed by atoms with Crippen LogP contribution in [-0.2, 0) is 16.4 Å². The molecule has 1 unspecified atom stereocenters. The Balaban J connectivity index is 1.69. The van der Waals surface area contributed by atoms with Crippen molar-refractivity contribution in [3.63, 3.8) is 0 Å². The summed E-state index contributed by atoms with van der Waals surface area (Å²) >= 11 is 0. The smallest absolute Gasteiger partial charge is 0.336 e. The predicted molar refractivity (Wildman–Crippen MR) is 122 cm³/mol. The number of nitro benzene ring substituents is 1. The van der Waals surface area contributed by atoms with Gasteiger partial charge >= 0.3 is 11.3 Å². The first-order valence-corrected chi connectivity index (χ1v) is 12.2. The maximum Gasteiger partial charge on any atom is 0.336 e. The fourth-order valence-corrected chi connectivity index (χ4v) is 5.71. The molecule has 9 nitrogen and oxygen atoms in total. The Labute approximate surface area is 190 Å². The van der Waals surface area contributed by atoms with Gasteiger partial charge in [0.2, 0.25) is 15.8 Å². The fourth-order valence-electron chi connectivity index (χ4n) is 4.09. The minimum Gasteiger partial charge on any atom is -0.450 e. The van der Waals surface area contributed by atoms with Gasteiger partial charge in [0.15, 0.2) is 0 Å². The van der Waals surface area contributed by atoms with E-state index in [0.29, 0.717) is 25.1 Å². The van der Waals surface area contributed by atoms with E-state index in [1.54, 1.807) is 12.1 Å². The van der Waals surface area contributed by atoms with Crippen LogP contribution in [0, 0.1) is 16.0 Å². The van der Waals surface area contributed by atoms with Crippen LogP contribution in [0.1, 0.15) is 32.3 Å². The molecule has 10 heteroatoms. The molecule has 1 fully saturated rings. The lowest BCUT2D eigenvalue weighted by Crippen LogP contribution is -2.39. The monoisotopic (exact) mass is 472 g/mol. The summed E-state index contributed by atoms with van der Waals surface area (Å²) in [6, 6.07) is 9.86. The molecule has 3 aromatic rings. The van der Waals surface area contributed by atoms with Gasteiger partial charge in [-0.2, -0.15) is 4.31 Å². The second kappa shape index (κ2) is 8.95. The minimum atomic E-state index is -3.86. The summed E-state index contributed by atoms with van der Waals surface area (Å²) < 4.78 is 38.4. The molecule has 1 aliphatic heterocycles. The average Bonchev–Trinajstić information content (AvgIpc) is 2.78. The Bertz CT molecular complexity index is 1380. The van der Waals surface area contributed by atoms with Crippen molar-refractivity contribution in [3.8, 4) is 11.5 Å². The van der Waals surface area contributed by atoms with Crippen LogP contribution in [0.2, 0.25) is 0 Å². The highest BCUT2D eigenvalue weighted by molar-refractivity contribution is 7.89. The molecule has 0 amide bonds. The Morgan fingerprint density at radius 3 is 2.70 bits per heavy atom. The lowest BCUT2D eigenvalue weighted by atomic mass is 10.0. The molecule has 1 aliphatic rings. The van der Waals surface area contributed by atoms with Gasteiger partial charge < -0.3 is 9.15 Å². The number of piperidine rings is 1. The molecule has 174 valence electrons. The Hall–Kier alpha value is -3.24. The van der Waals surface area contributed by atoms with E-state index in [2.05, 4.69) is 0 Å². The number of ether oxygens (including phenoxy) is 1. The highest BCUT2D eigenvalue weighted by Gasteiger charge is 2.31. The second-order valence-electron chi connectivity index (χ2n) is 8.20. The van der Waals surface area contributed by atoms with E-state index in [1.165, 1.54) is 28.6 Å². The molecule has 33 heavy (non-hydrogen) atoms. The molecule has 0 radical (unpaired) electrons. The summed E-state index contributed by atoms with van der Waals surface area (Å²) in [5.41, 5.74) is 0.160. The van der Waals surface area contributed by atoms with Crippen LogP contribution in [0.15, 0.2) is 56.6 Å². The number of nitrogens with zero attached hydrogens (tertiary/aromatic N) is 2. The molecular formula is C23H24N2O7S. The third-order valence-electron chi connectivity index (χ3n) is 5.79. The van der Waals surface area contributed by atoms with Crippen molar-refractivity contribution in [2.24, 2.45) is 5.92 Å². The average molecular weight is 473 g/mol. The quantitative estimate of drug-likeness (QED) is 0.295. The van der Waals surface area contributed by atoms with Crippen LogP contribution in [0.25, 0.3) is 11.0 Å². The van der Waals surface area contributed by atoms with Crippen LogP contribution >= 0.6 is 0 Å². The van der Waals surface area contributed by atoms with Crippen molar-refractivity contribution in [3.05, 3.63) is 68.6 Å². The summed E-state index contributed by atoms with van der Waals surface area (Å²) in [5, 5.41) is 12.5.